The van der Waals surface area contributed by atoms with Gasteiger partial charge in [0.15, 0.2) is 0 Å². The van der Waals surface area contributed by atoms with Crippen LogP contribution in [0.25, 0.3) is 0 Å². The molecule has 26 heavy (non-hydrogen) atoms. The van der Waals surface area contributed by atoms with E-state index in [1.165, 1.54) is 4.90 Å². The maximum Gasteiger partial charge on any atom is 0.412 e. The lowest BCUT2D eigenvalue weighted by Gasteiger charge is -2.26. The van der Waals surface area contributed by atoms with Crippen LogP contribution < -0.4 is 4.74 Å². The summed E-state index contributed by atoms with van der Waals surface area (Å²) in [6.45, 7) is 5.54. The molecule has 1 amide bonds. The molecule has 1 aromatic carbocycles. The van der Waals surface area contributed by atoms with Gasteiger partial charge in [0.2, 0.25) is 6.29 Å². The van der Waals surface area contributed by atoms with Crippen LogP contribution in [0.3, 0.4) is 0 Å². The van der Waals surface area contributed by atoms with Crippen LogP contribution in [0.4, 0.5) is 4.79 Å². The Labute approximate surface area is 156 Å². The van der Waals surface area contributed by atoms with Gasteiger partial charge < -0.3 is 19.1 Å². The summed E-state index contributed by atoms with van der Waals surface area (Å²) < 4.78 is 15.7. The van der Waals surface area contributed by atoms with Gasteiger partial charge in [-0.1, -0.05) is 38.0 Å². The van der Waals surface area contributed by atoms with Crippen LogP contribution in [-0.4, -0.2) is 43.5 Å². The minimum absolute atomic E-state index is 0.105. The summed E-state index contributed by atoms with van der Waals surface area (Å²) >= 11 is 0. The topological polar surface area (TPSA) is 65.1 Å². The zero-order valence-corrected chi connectivity index (χ0v) is 16.5. The number of amides is 1. The maximum atomic E-state index is 12.3. The summed E-state index contributed by atoms with van der Waals surface area (Å²) in [4.78, 5) is 25.4. The van der Waals surface area contributed by atoms with E-state index < -0.39 is 12.4 Å². The van der Waals surface area contributed by atoms with E-state index in [1.807, 2.05) is 31.2 Å². The lowest BCUT2D eigenvalue weighted by atomic mass is 10.1. The van der Waals surface area contributed by atoms with Gasteiger partial charge in [-0.05, 0) is 31.4 Å². The fraction of sp³-hybridized carbons (Fsp3) is 0.600. The molecular formula is C20H31NO5. The van der Waals surface area contributed by atoms with Crippen molar-refractivity contribution >= 4 is 12.1 Å². The smallest absolute Gasteiger partial charge is 0.412 e. The number of hydrogen-bond acceptors (Lipinski definition) is 5. The summed E-state index contributed by atoms with van der Waals surface area (Å²) in [6, 6.07) is 7.59. The first kappa shape index (κ1) is 21.8. The van der Waals surface area contributed by atoms with E-state index in [4.69, 9.17) is 14.2 Å². The lowest BCUT2D eigenvalue weighted by molar-refractivity contribution is -0.166. The fourth-order valence-electron chi connectivity index (χ4n) is 2.52. The molecule has 0 N–H and O–H groups in total. The van der Waals surface area contributed by atoms with Crippen molar-refractivity contribution in [2.75, 3.05) is 14.2 Å². The molecule has 2 unspecified atom stereocenters. The van der Waals surface area contributed by atoms with Crippen molar-refractivity contribution in [3.63, 3.8) is 0 Å². The van der Waals surface area contributed by atoms with Gasteiger partial charge in [-0.3, -0.25) is 4.79 Å². The molecule has 6 heteroatoms. The number of unbranched alkanes of at least 4 members (excludes halogenated alkanes) is 2. The zero-order chi connectivity index (χ0) is 19.5. The van der Waals surface area contributed by atoms with Crippen LogP contribution >= 0.6 is 0 Å². The number of methoxy groups -OCH3 is 1. The highest BCUT2D eigenvalue weighted by molar-refractivity contribution is 5.70. The molecule has 0 saturated heterocycles. The average molecular weight is 365 g/mol. The second kappa shape index (κ2) is 11.4. The van der Waals surface area contributed by atoms with Crippen molar-refractivity contribution in [1.82, 2.24) is 4.90 Å². The Bertz CT molecular complexity index is 575. The highest BCUT2D eigenvalue weighted by Crippen LogP contribution is 2.20. The van der Waals surface area contributed by atoms with Crippen molar-refractivity contribution in [3.05, 3.63) is 29.8 Å². The van der Waals surface area contributed by atoms with Crippen LogP contribution in [0, 0.1) is 0 Å². The lowest BCUT2D eigenvalue weighted by Crippen LogP contribution is -2.39. The van der Waals surface area contributed by atoms with Gasteiger partial charge in [0.05, 0.1) is 7.11 Å². The first-order valence-electron chi connectivity index (χ1n) is 9.13. The largest absolute Gasteiger partial charge is 0.496 e. The third kappa shape index (κ3) is 7.33. The van der Waals surface area contributed by atoms with Crippen molar-refractivity contribution in [3.8, 4) is 5.75 Å². The molecule has 6 nitrogen and oxygen atoms in total. The molecule has 1 aromatic rings. The SMILES string of the molecule is CCCCCC(=O)OC(C)OC(=O)N(C)C(C)Cc1ccccc1OC. The molecule has 0 aliphatic heterocycles. The van der Waals surface area contributed by atoms with Crippen molar-refractivity contribution < 1.29 is 23.8 Å². The Kier molecular flexibility index (Phi) is 9.55. The monoisotopic (exact) mass is 365 g/mol. The minimum Gasteiger partial charge on any atom is -0.496 e. The predicted octanol–water partition coefficient (Wildman–Crippen LogP) is 4.16. The molecule has 146 valence electrons. The summed E-state index contributed by atoms with van der Waals surface area (Å²) in [5, 5.41) is 0. The highest BCUT2D eigenvalue weighted by atomic mass is 16.7. The number of rotatable bonds is 10. The molecule has 0 aromatic heterocycles. The number of carbonyl (C=O) groups excluding carboxylic acids is 2. The predicted molar refractivity (Wildman–Crippen MR) is 100 cm³/mol. The third-order valence-electron chi connectivity index (χ3n) is 4.21. The fourth-order valence-corrected chi connectivity index (χ4v) is 2.52. The molecule has 0 heterocycles. The van der Waals surface area contributed by atoms with E-state index >= 15 is 0 Å². The van der Waals surface area contributed by atoms with Gasteiger partial charge in [-0.15, -0.1) is 0 Å². The summed E-state index contributed by atoms with van der Waals surface area (Å²) in [5.41, 5.74) is 1.01. The van der Waals surface area contributed by atoms with Gasteiger partial charge >= 0.3 is 12.1 Å². The highest BCUT2D eigenvalue weighted by Gasteiger charge is 2.22. The molecular weight excluding hydrogens is 334 g/mol. The first-order valence-corrected chi connectivity index (χ1v) is 9.13. The molecule has 0 spiro atoms. The van der Waals surface area contributed by atoms with Crippen LogP contribution in [0.15, 0.2) is 24.3 Å². The standard InChI is InChI=1S/C20H31NO5/c1-6-7-8-13-19(22)25-16(3)26-20(23)21(4)15(2)14-17-11-9-10-12-18(17)24-5/h9-12,15-16H,6-8,13-14H2,1-5H3. The van der Waals surface area contributed by atoms with Gasteiger partial charge in [-0.2, -0.15) is 0 Å². The molecule has 0 aliphatic carbocycles. The van der Waals surface area contributed by atoms with E-state index in [-0.39, 0.29) is 12.0 Å². The van der Waals surface area contributed by atoms with Gasteiger partial charge in [-0.25, -0.2) is 4.79 Å². The van der Waals surface area contributed by atoms with Crippen molar-refractivity contribution in [1.29, 1.82) is 0 Å². The number of benzene rings is 1. The first-order chi connectivity index (χ1) is 12.4. The Morgan fingerprint density at radius 2 is 1.81 bits per heavy atom. The Morgan fingerprint density at radius 3 is 2.46 bits per heavy atom. The van der Waals surface area contributed by atoms with Crippen LogP contribution in [0.5, 0.6) is 5.75 Å². The van der Waals surface area contributed by atoms with Crippen LogP contribution in [0.1, 0.15) is 52.0 Å². The van der Waals surface area contributed by atoms with Crippen LogP contribution in [0.2, 0.25) is 0 Å². The number of carbonyl (C=O) groups is 2. The van der Waals surface area contributed by atoms with Crippen LogP contribution in [-0.2, 0) is 20.7 Å². The molecule has 0 fully saturated rings. The number of ether oxygens (including phenoxy) is 3. The van der Waals surface area contributed by atoms with E-state index in [1.54, 1.807) is 21.1 Å². The zero-order valence-electron chi connectivity index (χ0n) is 16.5. The Morgan fingerprint density at radius 1 is 1.12 bits per heavy atom. The summed E-state index contributed by atoms with van der Waals surface area (Å²) in [5.74, 6) is 0.443. The molecule has 0 saturated carbocycles. The van der Waals surface area contributed by atoms with E-state index in [0.29, 0.717) is 12.8 Å². The molecule has 1 rings (SSSR count). The van der Waals surface area contributed by atoms with Gasteiger partial charge in [0.1, 0.15) is 5.75 Å². The maximum absolute atomic E-state index is 12.3. The Hall–Kier alpha value is -2.24. The quantitative estimate of drug-likeness (QED) is 0.354. The normalized spacial score (nSPS) is 12.8. The second-order valence-corrected chi connectivity index (χ2v) is 6.37. The molecule has 0 bridgehead atoms. The average Bonchev–Trinajstić information content (AvgIpc) is 2.61. The van der Waals surface area contributed by atoms with Crippen molar-refractivity contribution in [2.24, 2.45) is 0 Å². The number of para-hydroxylation sites is 1. The number of esters is 1. The van der Waals surface area contributed by atoms with E-state index in [0.717, 1.165) is 30.6 Å². The van der Waals surface area contributed by atoms with Crippen molar-refractivity contribution in [2.45, 2.75) is 65.2 Å². The van der Waals surface area contributed by atoms with Gasteiger partial charge in [0, 0.05) is 26.4 Å². The summed E-state index contributed by atoms with van der Waals surface area (Å²) in [6.07, 6.45) is 2.33. The van der Waals surface area contributed by atoms with Gasteiger partial charge in [0.25, 0.3) is 0 Å². The summed E-state index contributed by atoms with van der Waals surface area (Å²) in [7, 11) is 3.29. The molecule has 0 aliphatic rings. The number of likely N-dealkylation sites (N-methyl/N-ethyl adjacent to an activating group) is 1. The Balaban J connectivity index is 2.48. The number of hydrogen-bond donors (Lipinski definition) is 0. The second-order valence-electron chi connectivity index (χ2n) is 6.37. The number of nitrogens with zero attached hydrogens (tertiary/aromatic N) is 1. The third-order valence-corrected chi connectivity index (χ3v) is 4.21. The van der Waals surface area contributed by atoms with E-state index in [2.05, 4.69) is 6.92 Å². The minimum atomic E-state index is -0.905. The molecule has 0 radical (unpaired) electrons. The molecule has 2 atom stereocenters. The van der Waals surface area contributed by atoms with E-state index in [9.17, 15) is 9.59 Å².